The summed E-state index contributed by atoms with van der Waals surface area (Å²) in [5.41, 5.74) is 0.674. The Morgan fingerprint density at radius 3 is 1.76 bits per heavy atom. The fraction of sp³-hybridized carbons (Fsp3) is 0.182. The second-order valence-corrected chi connectivity index (χ2v) is 3.26. The van der Waals surface area contributed by atoms with E-state index in [-0.39, 0.29) is 22.8 Å². The van der Waals surface area contributed by atoms with Crippen molar-refractivity contribution in [1.29, 1.82) is 0 Å². The summed E-state index contributed by atoms with van der Waals surface area (Å²) in [5, 5.41) is 0. The summed E-state index contributed by atoms with van der Waals surface area (Å²) in [4.78, 5) is 0. The first-order valence-corrected chi connectivity index (χ1v) is 5.15. The molecule has 0 heterocycles. The van der Waals surface area contributed by atoms with Crippen molar-refractivity contribution in [1.82, 2.24) is 0 Å². The molecule has 0 radical (unpaired) electrons. The molecule has 1 unspecified atom stereocenters. The van der Waals surface area contributed by atoms with Crippen LogP contribution in [0.4, 0.5) is 0 Å². The van der Waals surface area contributed by atoms with Crippen molar-refractivity contribution in [3.05, 3.63) is 55.8 Å². The molecule has 0 saturated carbocycles. The van der Waals surface area contributed by atoms with Crippen molar-refractivity contribution >= 4 is 11.1 Å². The SMILES string of the molecule is C=C(C)CS(=O)[O-].[C-]#[O+].[C-]#[O+].[Fe].c1cc[cH-]c1. The largest absolute Gasteiger partial charge is 0.214 e. The van der Waals surface area contributed by atoms with Gasteiger partial charge in [0.2, 0.25) is 0 Å². The molecule has 0 aliphatic rings. The molecule has 1 atom stereocenters. The van der Waals surface area contributed by atoms with Crippen molar-refractivity contribution in [2.75, 3.05) is 5.75 Å². The molecule has 0 bridgehead atoms. The molecule has 0 spiro atoms. The van der Waals surface area contributed by atoms with Crippen LogP contribution in [0, 0.1) is 13.3 Å². The Hall–Kier alpha value is -0.801. The van der Waals surface area contributed by atoms with E-state index in [1.807, 2.05) is 30.3 Å². The minimum absolute atomic E-state index is 0. The molecule has 1 aromatic rings. The Balaban J connectivity index is -0.0000000747. The zero-order valence-electron chi connectivity index (χ0n) is 9.20. The first-order chi connectivity index (χ1) is 7.63. The molecule has 1 rings (SSSR count). The van der Waals surface area contributed by atoms with Gasteiger partial charge >= 0.3 is 22.6 Å². The fourth-order valence-corrected chi connectivity index (χ4v) is 0.924. The van der Waals surface area contributed by atoms with E-state index in [0.29, 0.717) is 5.57 Å². The molecular formula is C11H12FeO4S-2. The quantitative estimate of drug-likeness (QED) is 0.274. The third-order valence-corrected chi connectivity index (χ3v) is 1.65. The molecule has 17 heavy (non-hydrogen) atoms. The maximum absolute atomic E-state index is 9.75. The standard InChI is InChI=1S/C5H5.C4H8O2S.2CO.Fe/c1-2-4-5-3-1;1-4(2)3-7(5)6;2*1-2;/h1-5H;1,3H2,2H3,(H,5,6);;;/q-1;;;;/p-1. The molecule has 0 aliphatic heterocycles. The summed E-state index contributed by atoms with van der Waals surface area (Å²) in [6.07, 6.45) is 0. The zero-order valence-corrected chi connectivity index (χ0v) is 11.1. The van der Waals surface area contributed by atoms with Crippen molar-refractivity contribution < 1.29 is 35.1 Å². The van der Waals surface area contributed by atoms with Crippen LogP contribution in [0.15, 0.2) is 42.5 Å². The smallest absolute Gasteiger partial charge is 0 e. The summed E-state index contributed by atoms with van der Waals surface area (Å²) >= 11 is -1.95. The average molecular weight is 296 g/mol. The van der Waals surface area contributed by atoms with Gasteiger partial charge in [0, 0.05) is 22.8 Å². The zero-order chi connectivity index (χ0) is 13.4. The second-order valence-electron chi connectivity index (χ2n) is 2.37. The van der Waals surface area contributed by atoms with Crippen molar-refractivity contribution in [3.63, 3.8) is 0 Å². The Morgan fingerprint density at radius 1 is 1.35 bits per heavy atom. The molecule has 0 aliphatic carbocycles. The molecule has 6 heteroatoms. The van der Waals surface area contributed by atoms with E-state index < -0.39 is 11.1 Å². The Kier molecular flexibility index (Phi) is 36.1. The summed E-state index contributed by atoms with van der Waals surface area (Å²) in [6, 6.07) is 10.0. The van der Waals surface area contributed by atoms with Crippen LogP contribution >= 0.6 is 0 Å². The second kappa shape index (κ2) is 24.4. The normalized spacial score (nSPS) is 8.12. The Bertz CT molecular complexity index is 269. The monoisotopic (exact) mass is 296 g/mol. The number of rotatable bonds is 2. The third-order valence-electron chi connectivity index (χ3n) is 0.920. The van der Waals surface area contributed by atoms with E-state index in [1.54, 1.807) is 6.92 Å². The van der Waals surface area contributed by atoms with E-state index in [4.69, 9.17) is 9.30 Å². The van der Waals surface area contributed by atoms with Crippen molar-refractivity contribution in [2.24, 2.45) is 0 Å². The van der Waals surface area contributed by atoms with Crippen LogP contribution in [-0.2, 0) is 37.5 Å². The van der Waals surface area contributed by atoms with Gasteiger partial charge in [0.1, 0.15) is 0 Å². The first kappa shape index (κ1) is 25.1. The van der Waals surface area contributed by atoms with Crippen LogP contribution in [0.2, 0.25) is 0 Å². The van der Waals surface area contributed by atoms with Gasteiger partial charge in [-0.25, -0.2) is 12.1 Å². The maximum atomic E-state index is 9.75. The third kappa shape index (κ3) is 39.4. The topological polar surface area (TPSA) is 79.9 Å². The van der Waals surface area contributed by atoms with Gasteiger partial charge in [-0.05, 0) is 6.92 Å². The van der Waals surface area contributed by atoms with E-state index in [0.717, 1.165) is 0 Å². The van der Waals surface area contributed by atoms with Crippen LogP contribution < -0.4 is 0 Å². The van der Waals surface area contributed by atoms with Gasteiger partial charge in [0.05, 0.1) is 0 Å². The minimum Gasteiger partial charge on any atom is -0.214 e. The first-order valence-electron chi connectivity index (χ1n) is 3.90. The molecule has 0 fully saturated rings. The molecule has 96 valence electrons. The fourth-order valence-electron chi connectivity index (χ4n) is 0.522. The van der Waals surface area contributed by atoms with E-state index in [1.165, 1.54) is 0 Å². The van der Waals surface area contributed by atoms with Gasteiger partial charge in [-0.1, -0.05) is 23.2 Å². The van der Waals surface area contributed by atoms with Crippen LogP contribution in [0.1, 0.15) is 6.92 Å². The van der Waals surface area contributed by atoms with Gasteiger partial charge in [0.25, 0.3) is 0 Å². The van der Waals surface area contributed by atoms with E-state index in [9.17, 15) is 8.76 Å². The summed E-state index contributed by atoms with van der Waals surface area (Å²) < 4.78 is 34.5. The van der Waals surface area contributed by atoms with Crippen LogP contribution in [0.5, 0.6) is 0 Å². The Labute approximate surface area is 115 Å². The van der Waals surface area contributed by atoms with E-state index in [2.05, 4.69) is 19.9 Å². The minimum atomic E-state index is -1.95. The molecule has 4 nitrogen and oxygen atoms in total. The van der Waals surface area contributed by atoms with Crippen LogP contribution in [0.3, 0.4) is 0 Å². The number of hydrogen-bond donors (Lipinski definition) is 0. The van der Waals surface area contributed by atoms with Gasteiger partial charge in [-0.2, -0.15) is 18.2 Å². The molecular weight excluding hydrogens is 284 g/mol. The molecule has 0 amide bonds. The van der Waals surface area contributed by atoms with Crippen molar-refractivity contribution in [2.45, 2.75) is 6.92 Å². The molecule has 1 aromatic carbocycles. The molecule has 0 aromatic heterocycles. The molecule has 0 N–H and O–H groups in total. The van der Waals surface area contributed by atoms with Crippen LogP contribution in [0.25, 0.3) is 0 Å². The predicted octanol–water partition coefficient (Wildman–Crippen LogP) is 1.77. The van der Waals surface area contributed by atoms with Gasteiger partial charge in [-0.3, -0.25) is 4.21 Å². The van der Waals surface area contributed by atoms with Crippen molar-refractivity contribution in [3.8, 4) is 0 Å². The summed E-state index contributed by atoms with van der Waals surface area (Å²) in [5.74, 6) is 0.0833. The maximum Gasteiger partial charge on any atom is 0 e. The van der Waals surface area contributed by atoms with Gasteiger partial charge < -0.3 is 4.55 Å². The van der Waals surface area contributed by atoms with Crippen LogP contribution in [-0.4, -0.2) is 14.5 Å². The predicted molar refractivity (Wildman–Crippen MR) is 58.5 cm³/mol. The van der Waals surface area contributed by atoms with Gasteiger partial charge in [0.15, 0.2) is 0 Å². The summed E-state index contributed by atoms with van der Waals surface area (Å²) in [7, 11) is 0. The van der Waals surface area contributed by atoms with E-state index >= 15 is 0 Å². The average Bonchev–Trinajstić information content (AvgIpc) is 2.80. The Morgan fingerprint density at radius 2 is 1.71 bits per heavy atom. The molecule has 0 saturated heterocycles. The summed E-state index contributed by atoms with van der Waals surface area (Å²) in [6.45, 7) is 14.1. The van der Waals surface area contributed by atoms with Gasteiger partial charge in [-0.15, -0.1) is 0 Å². The number of hydrogen-bond acceptors (Lipinski definition) is 2.